The third-order valence-electron chi connectivity index (χ3n) is 3.23. The highest BCUT2D eigenvalue weighted by Crippen LogP contribution is 2.29. The second-order valence-corrected chi connectivity index (χ2v) is 5.30. The maximum absolute atomic E-state index is 5.91. The lowest BCUT2D eigenvalue weighted by molar-refractivity contribution is 0.287. The van der Waals surface area contributed by atoms with Crippen molar-refractivity contribution in [3.8, 4) is 28.7 Å². The predicted octanol–water partition coefficient (Wildman–Crippen LogP) is 3.99. The molecule has 0 N–H and O–H groups in total. The number of rotatable bonds is 6. The Balaban J connectivity index is 1.75. The molecule has 3 rings (SSSR count). The van der Waals surface area contributed by atoms with Crippen LogP contribution in [-0.2, 0) is 6.61 Å². The summed E-state index contributed by atoms with van der Waals surface area (Å²) in [6, 6.07) is 12.5. The van der Waals surface area contributed by atoms with Crippen molar-refractivity contribution in [2.24, 2.45) is 0 Å². The average Bonchev–Trinajstić information content (AvgIpc) is 3.08. The summed E-state index contributed by atoms with van der Waals surface area (Å²) in [5.74, 6) is 2.69. The van der Waals surface area contributed by atoms with E-state index in [1.807, 2.05) is 6.07 Å². The summed E-state index contributed by atoms with van der Waals surface area (Å²) < 4.78 is 21.3. The SMILES string of the molecule is COc1cc(OC)cc(-c2nc(COc3cccc(Cl)c3)no2)c1. The molecule has 2 aromatic carbocycles. The van der Waals surface area contributed by atoms with Crippen LogP contribution in [0.1, 0.15) is 5.82 Å². The van der Waals surface area contributed by atoms with Gasteiger partial charge < -0.3 is 18.7 Å². The number of nitrogens with zero attached hydrogens (tertiary/aromatic N) is 2. The first-order valence-corrected chi connectivity index (χ1v) is 7.50. The molecule has 0 saturated heterocycles. The van der Waals surface area contributed by atoms with E-state index in [0.717, 1.165) is 0 Å². The molecule has 0 fully saturated rings. The van der Waals surface area contributed by atoms with Gasteiger partial charge in [0.15, 0.2) is 6.61 Å². The standard InChI is InChI=1S/C17H15ClN2O4/c1-21-14-6-11(7-15(9-14)22-2)17-19-16(20-24-17)10-23-13-5-3-4-12(18)8-13/h3-9H,10H2,1-2H3. The van der Waals surface area contributed by atoms with Gasteiger partial charge in [-0.3, -0.25) is 0 Å². The van der Waals surface area contributed by atoms with Crippen LogP contribution in [0.3, 0.4) is 0 Å². The number of hydrogen-bond acceptors (Lipinski definition) is 6. The number of halogens is 1. The molecule has 0 aliphatic carbocycles. The molecular weight excluding hydrogens is 332 g/mol. The largest absolute Gasteiger partial charge is 0.497 e. The molecule has 1 heterocycles. The average molecular weight is 347 g/mol. The summed E-state index contributed by atoms with van der Waals surface area (Å²) in [4.78, 5) is 4.32. The third kappa shape index (κ3) is 3.78. The van der Waals surface area contributed by atoms with Gasteiger partial charge in [-0.25, -0.2) is 0 Å². The Bertz CT molecular complexity index is 813. The van der Waals surface area contributed by atoms with Crippen LogP contribution in [-0.4, -0.2) is 24.4 Å². The molecule has 0 aliphatic rings. The second kappa shape index (κ2) is 7.23. The van der Waals surface area contributed by atoms with Crippen molar-refractivity contribution in [3.63, 3.8) is 0 Å². The first-order valence-electron chi connectivity index (χ1n) is 7.12. The Hall–Kier alpha value is -2.73. The van der Waals surface area contributed by atoms with E-state index in [2.05, 4.69) is 10.1 Å². The molecule has 0 atom stereocenters. The molecule has 1 aromatic heterocycles. The summed E-state index contributed by atoms with van der Waals surface area (Å²) in [6.07, 6.45) is 0. The zero-order chi connectivity index (χ0) is 16.9. The Kier molecular flexibility index (Phi) is 4.86. The van der Waals surface area contributed by atoms with E-state index in [1.165, 1.54) is 0 Å². The topological polar surface area (TPSA) is 66.6 Å². The van der Waals surface area contributed by atoms with Crippen LogP contribution in [0.4, 0.5) is 0 Å². The number of aromatic nitrogens is 2. The van der Waals surface area contributed by atoms with Crippen LogP contribution < -0.4 is 14.2 Å². The fourth-order valence-electron chi connectivity index (χ4n) is 2.07. The molecule has 24 heavy (non-hydrogen) atoms. The van der Waals surface area contributed by atoms with Gasteiger partial charge in [0, 0.05) is 16.7 Å². The molecule has 0 spiro atoms. The Morgan fingerprint density at radius 2 is 1.75 bits per heavy atom. The van der Waals surface area contributed by atoms with Gasteiger partial charge in [-0.05, 0) is 30.3 Å². The van der Waals surface area contributed by atoms with E-state index in [0.29, 0.717) is 39.5 Å². The van der Waals surface area contributed by atoms with Crippen molar-refractivity contribution >= 4 is 11.6 Å². The van der Waals surface area contributed by atoms with Crippen LogP contribution in [0.5, 0.6) is 17.2 Å². The van der Waals surface area contributed by atoms with Crippen LogP contribution in [0, 0.1) is 0 Å². The lowest BCUT2D eigenvalue weighted by Crippen LogP contribution is -1.97. The van der Waals surface area contributed by atoms with E-state index in [-0.39, 0.29) is 6.61 Å². The Morgan fingerprint density at radius 1 is 1.00 bits per heavy atom. The lowest BCUT2D eigenvalue weighted by atomic mass is 10.2. The van der Waals surface area contributed by atoms with Gasteiger partial charge in [0.2, 0.25) is 5.82 Å². The molecule has 0 radical (unpaired) electrons. The Labute approximate surface area is 143 Å². The molecule has 0 saturated carbocycles. The van der Waals surface area contributed by atoms with Gasteiger partial charge in [0.25, 0.3) is 5.89 Å². The number of hydrogen-bond donors (Lipinski definition) is 0. The minimum Gasteiger partial charge on any atom is -0.497 e. The minimum absolute atomic E-state index is 0.172. The Morgan fingerprint density at radius 3 is 2.42 bits per heavy atom. The molecule has 7 heteroatoms. The van der Waals surface area contributed by atoms with Crippen LogP contribution in [0.25, 0.3) is 11.5 Å². The summed E-state index contributed by atoms with van der Waals surface area (Å²) in [5, 5.41) is 4.52. The molecule has 124 valence electrons. The summed E-state index contributed by atoms with van der Waals surface area (Å²) in [6.45, 7) is 0.172. The smallest absolute Gasteiger partial charge is 0.258 e. The zero-order valence-electron chi connectivity index (χ0n) is 13.2. The fourth-order valence-corrected chi connectivity index (χ4v) is 2.25. The molecule has 0 bridgehead atoms. The first-order chi connectivity index (χ1) is 11.7. The summed E-state index contributed by atoms with van der Waals surface area (Å²) in [7, 11) is 3.16. The fraction of sp³-hybridized carbons (Fsp3) is 0.176. The van der Waals surface area contributed by atoms with E-state index in [1.54, 1.807) is 50.6 Å². The van der Waals surface area contributed by atoms with Gasteiger partial charge in [-0.2, -0.15) is 4.98 Å². The van der Waals surface area contributed by atoms with Crippen LogP contribution in [0.15, 0.2) is 47.0 Å². The molecular formula is C17H15ClN2O4. The van der Waals surface area contributed by atoms with Crippen molar-refractivity contribution in [3.05, 3.63) is 53.3 Å². The third-order valence-corrected chi connectivity index (χ3v) is 3.47. The number of methoxy groups -OCH3 is 2. The highest BCUT2D eigenvalue weighted by Gasteiger charge is 2.12. The van der Waals surface area contributed by atoms with Gasteiger partial charge >= 0.3 is 0 Å². The van der Waals surface area contributed by atoms with E-state index >= 15 is 0 Å². The van der Waals surface area contributed by atoms with E-state index in [9.17, 15) is 0 Å². The highest BCUT2D eigenvalue weighted by molar-refractivity contribution is 6.30. The monoisotopic (exact) mass is 346 g/mol. The maximum Gasteiger partial charge on any atom is 0.258 e. The molecule has 0 unspecified atom stereocenters. The normalized spacial score (nSPS) is 10.5. The molecule has 6 nitrogen and oxygen atoms in total. The van der Waals surface area contributed by atoms with Gasteiger partial charge in [-0.15, -0.1) is 0 Å². The lowest BCUT2D eigenvalue weighted by Gasteiger charge is -2.05. The number of ether oxygens (including phenoxy) is 3. The zero-order valence-corrected chi connectivity index (χ0v) is 13.9. The summed E-state index contributed by atoms with van der Waals surface area (Å²) >= 11 is 5.91. The van der Waals surface area contributed by atoms with Gasteiger partial charge in [-0.1, -0.05) is 22.8 Å². The van der Waals surface area contributed by atoms with Crippen LogP contribution in [0.2, 0.25) is 5.02 Å². The molecule has 0 aliphatic heterocycles. The van der Waals surface area contributed by atoms with E-state index in [4.69, 9.17) is 30.3 Å². The maximum atomic E-state index is 5.91. The van der Waals surface area contributed by atoms with Gasteiger partial charge in [0.05, 0.1) is 14.2 Å². The predicted molar refractivity (Wildman–Crippen MR) is 88.6 cm³/mol. The minimum atomic E-state index is 0.172. The quantitative estimate of drug-likeness (QED) is 0.672. The summed E-state index contributed by atoms with van der Waals surface area (Å²) in [5.41, 5.74) is 0.702. The van der Waals surface area contributed by atoms with E-state index < -0.39 is 0 Å². The second-order valence-electron chi connectivity index (χ2n) is 4.86. The van der Waals surface area contributed by atoms with Crippen molar-refractivity contribution in [2.75, 3.05) is 14.2 Å². The first kappa shape index (κ1) is 16.1. The van der Waals surface area contributed by atoms with Crippen molar-refractivity contribution in [1.29, 1.82) is 0 Å². The number of benzene rings is 2. The van der Waals surface area contributed by atoms with Crippen LogP contribution >= 0.6 is 11.6 Å². The highest BCUT2D eigenvalue weighted by atomic mass is 35.5. The van der Waals surface area contributed by atoms with Crippen molar-refractivity contribution < 1.29 is 18.7 Å². The molecule has 0 amide bonds. The van der Waals surface area contributed by atoms with Crippen molar-refractivity contribution in [1.82, 2.24) is 10.1 Å². The van der Waals surface area contributed by atoms with Crippen molar-refractivity contribution in [2.45, 2.75) is 6.61 Å². The van der Waals surface area contributed by atoms with Gasteiger partial charge in [0.1, 0.15) is 17.2 Å². The molecule has 3 aromatic rings.